The van der Waals surface area contributed by atoms with Crippen LogP contribution in [0.15, 0.2) is 75.1 Å². The molecule has 1 aromatic heterocycles. The van der Waals surface area contributed by atoms with Crippen molar-refractivity contribution in [1.29, 1.82) is 0 Å². The Kier molecular flexibility index (Phi) is 9.85. The fraction of sp³-hybridized carbons (Fsp3) is 0.148. The van der Waals surface area contributed by atoms with E-state index in [1.165, 1.54) is 10.8 Å². The van der Waals surface area contributed by atoms with Gasteiger partial charge in [-0.25, -0.2) is 19.2 Å². The van der Waals surface area contributed by atoms with Gasteiger partial charge in [0, 0.05) is 27.2 Å². The molecule has 0 aliphatic rings. The van der Waals surface area contributed by atoms with Crippen molar-refractivity contribution >= 4 is 57.4 Å². The first kappa shape index (κ1) is 29.4. The summed E-state index contributed by atoms with van der Waals surface area (Å²) < 4.78 is 21.3. The summed E-state index contributed by atoms with van der Waals surface area (Å²) in [5.41, 5.74) is -0.138. The van der Waals surface area contributed by atoms with Crippen molar-refractivity contribution in [3.05, 3.63) is 92.6 Å². The van der Waals surface area contributed by atoms with Crippen LogP contribution in [-0.2, 0) is 28.5 Å². The van der Waals surface area contributed by atoms with Gasteiger partial charge in [0.25, 0.3) is 0 Å². The Morgan fingerprint density at radius 1 is 0.821 bits per heavy atom. The molecule has 0 radical (unpaired) electrons. The molecular formula is C27H22BrNO9S. The van der Waals surface area contributed by atoms with Gasteiger partial charge in [0.05, 0.1) is 39.7 Å². The second-order valence-electron chi connectivity index (χ2n) is 7.55. The maximum absolute atomic E-state index is 13.8. The van der Waals surface area contributed by atoms with Gasteiger partial charge in [0.1, 0.15) is 16.2 Å². The number of halogens is 1. The third-order valence-corrected chi connectivity index (χ3v) is 6.90. The standard InChI is InChI=1S/C27H22BrNO9S/c1-35-21(30)13-20(26(33)37-3)39-19-8-6-5-7-18(19)29-14-17(25(32)36-2)22(27(34)38-4)23(29)24(31)15-9-11-16(28)12-10-15/h5-14H,1-4H3/b20-13+. The molecule has 0 saturated carbocycles. The summed E-state index contributed by atoms with van der Waals surface area (Å²) in [5.74, 6) is -3.97. The molecule has 1 heterocycles. The van der Waals surface area contributed by atoms with Gasteiger partial charge in [-0.1, -0.05) is 39.8 Å². The number of rotatable bonds is 9. The van der Waals surface area contributed by atoms with Crippen molar-refractivity contribution in [2.75, 3.05) is 28.4 Å². The van der Waals surface area contributed by atoms with E-state index in [2.05, 4.69) is 20.7 Å². The van der Waals surface area contributed by atoms with Gasteiger partial charge in [0.2, 0.25) is 5.78 Å². The highest BCUT2D eigenvalue weighted by molar-refractivity contribution is 9.10. The quantitative estimate of drug-likeness (QED) is 0.113. The van der Waals surface area contributed by atoms with Crippen LogP contribution in [0, 0.1) is 0 Å². The number of methoxy groups -OCH3 is 4. The number of hydrogen-bond donors (Lipinski definition) is 0. The van der Waals surface area contributed by atoms with Gasteiger partial charge in [-0.2, -0.15) is 0 Å². The predicted octanol–water partition coefficient (Wildman–Crippen LogP) is 4.37. The zero-order chi connectivity index (χ0) is 28.7. The lowest BCUT2D eigenvalue weighted by Gasteiger charge is -2.15. The minimum absolute atomic E-state index is 0.105. The van der Waals surface area contributed by atoms with Crippen LogP contribution < -0.4 is 0 Å². The Morgan fingerprint density at radius 3 is 2.05 bits per heavy atom. The van der Waals surface area contributed by atoms with Crippen molar-refractivity contribution in [3.8, 4) is 5.69 Å². The van der Waals surface area contributed by atoms with Crippen molar-refractivity contribution in [2.45, 2.75) is 4.90 Å². The second kappa shape index (κ2) is 13.1. The summed E-state index contributed by atoms with van der Waals surface area (Å²) in [6.07, 6.45) is 2.25. The van der Waals surface area contributed by atoms with Crippen molar-refractivity contribution < 1.29 is 42.9 Å². The van der Waals surface area contributed by atoms with Crippen molar-refractivity contribution in [1.82, 2.24) is 4.57 Å². The van der Waals surface area contributed by atoms with Gasteiger partial charge in [0.15, 0.2) is 0 Å². The van der Waals surface area contributed by atoms with E-state index in [1.807, 2.05) is 0 Å². The van der Waals surface area contributed by atoms with Crippen molar-refractivity contribution in [3.63, 3.8) is 0 Å². The number of ketones is 1. The van der Waals surface area contributed by atoms with Crippen LogP contribution in [0.1, 0.15) is 36.8 Å². The van der Waals surface area contributed by atoms with Crippen LogP contribution in [-0.4, -0.2) is 62.7 Å². The summed E-state index contributed by atoms with van der Waals surface area (Å²) in [7, 11) is 4.58. The number of ether oxygens (including phenoxy) is 4. The van der Waals surface area contributed by atoms with Crippen LogP contribution in [0.25, 0.3) is 5.69 Å². The number of carbonyl (C=O) groups excluding carboxylic acids is 5. The van der Waals surface area contributed by atoms with Crippen LogP contribution in [0.3, 0.4) is 0 Å². The Bertz CT molecular complexity index is 1470. The maximum Gasteiger partial charge on any atom is 0.344 e. The smallest absolute Gasteiger partial charge is 0.344 e. The third kappa shape index (κ3) is 6.47. The average Bonchev–Trinajstić information content (AvgIpc) is 3.36. The van der Waals surface area contributed by atoms with Crippen LogP contribution in [0.5, 0.6) is 0 Å². The third-order valence-electron chi connectivity index (χ3n) is 5.30. The molecule has 10 nitrogen and oxygen atoms in total. The first-order valence-electron chi connectivity index (χ1n) is 11.0. The molecule has 0 atom stereocenters. The zero-order valence-electron chi connectivity index (χ0n) is 21.2. The van der Waals surface area contributed by atoms with Gasteiger partial charge < -0.3 is 23.5 Å². The Morgan fingerprint density at radius 2 is 1.46 bits per heavy atom. The summed E-state index contributed by atoms with van der Waals surface area (Å²) in [5, 5.41) is 0. The number of thioether (sulfide) groups is 1. The molecule has 0 aliphatic heterocycles. The largest absolute Gasteiger partial charge is 0.466 e. The first-order valence-corrected chi connectivity index (χ1v) is 12.6. The number of para-hydroxylation sites is 1. The van der Waals surface area contributed by atoms with E-state index in [0.717, 1.165) is 50.7 Å². The highest BCUT2D eigenvalue weighted by atomic mass is 79.9. The Labute approximate surface area is 236 Å². The number of carbonyl (C=O) groups is 5. The maximum atomic E-state index is 13.8. The molecular weight excluding hydrogens is 594 g/mol. The van der Waals surface area contributed by atoms with Gasteiger partial charge in [-0.15, -0.1) is 0 Å². The van der Waals surface area contributed by atoms with E-state index in [4.69, 9.17) is 14.2 Å². The highest BCUT2D eigenvalue weighted by Crippen LogP contribution is 2.35. The number of aromatic nitrogens is 1. The summed E-state index contributed by atoms with van der Waals surface area (Å²) in [4.78, 5) is 64.1. The lowest BCUT2D eigenvalue weighted by Crippen LogP contribution is -2.16. The molecule has 0 spiro atoms. The summed E-state index contributed by atoms with van der Waals surface area (Å²) in [6, 6.07) is 13.0. The van der Waals surface area contributed by atoms with Gasteiger partial charge in [-0.3, -0.25) is 4.79 Å². The van der Waals surface area contributed by atoms with E-state index in [1.54, 1.807) is 48.5 Å². The normalized spacial score (nSPS) is 10.9. The molecule has 3 aromatic rings. The molecule has 0 amide bonds. The van der Waals surface area contributed by atoms with E-state index in [9.17, 15) is 24.0 Å². The number of hydrogen-bond acceptors (Lipinski definition) is 10. The molecule has 2 aromatic carbocycles. The number of nitrogens with zero attached hydrogens (tertiary/aromatic N) is 1. The number of esters is 4. The van der Waals surface area contributed by atoms with E-state index < -0.39 is 29.7 Å². The SMILES string of the molecule is COC(=O)/C=C(/Sc1ccccc1-n1cc(C(=O)OC)c(C(=O)OC)c1C(=O)c1ccc(Br)cc1)C(=O)OC. The number of benzene rings is 2. The minimum Gasteiger partial charge on any atom is -0.466 e. The molecule has 0 N–H and O–H groups in total. The molecule has 0 saturated heterocycles. The second-order valence-corrected chi connectivity index (χ2v) is 9.55. The molecule has 3 rings (SSSR count). The average molecular weight is 616 g/mol. The fourth-order valence-corrected chi connectivity index (χ4v) is 4.73. The lowest BCUT2D eigenvalue weighted by molar-refractivity contribution is -0.137. The molecule has 0 bridgehead atoms. The zero-order valence-corrected chi connectivity index (χ0v) is 23.6. The molecule has 12 heteroatoms. The Balaban J connectivity index is 2.33. The molecule has 39 heavy (non-hydrogen) atoms. The van der Waals surface area contributed by atoms with E-state index >= 15 is 0 Å². The lowest BCUT2D eigenvalue weighted by atomic mass is 10.0. The first-order chi connectivity index (χ1) is 18.7. The molecule has 202 valence electrons. The minimum atomic E-state index is -0.930. The van der Waals surface area contributed by atoms with Crippen LogP contribution >= 0.6 is 27.7 Å². The van der Waals surface area contributed by atoms with Gasteiger partial charge >= 0.3 is 23.9 Å². The van der Waals surface area contributed by atoms with Gasteiger partial charge in [-0.05, 0) is 36.4 Å². The summed E-state index contributed by atoms with van der Waals surface area (Å²) >= 11 is 4.19. The summed E-state index contributed by atoms with van der Waals surface area (Å²) in [6.45, 7) is 0. The molecule has 0 unspecified atom stereocenters. The van der Waals surface area contributed by atoms with E-state index in [0.29, 0.717) is 10.6 Å². The molecule has 0 aliphatic carbocycles. The van der Waals surface area contributed by atoms with Crippen LogP contribution in [0.4, 0.5) is 0 Å². The van der Waals surface area contributed by atoms with Crippen LogP contribution in [0.2, 0.25) is 0 Å². The fourth-order valence-electron chi connectivity index (χ4n) is 3.49. The predicted molar refractivity (Wildman–Crippen MR) is 144 cm³/mol. The topological polar surface area (TPSA) is 127 Å². The Hall–Kier alpha value is -4.16. The van der Waals surface area contributed by atoms with E-state index in [-0.39, 0.29) is 27.3 Å². The highest BCUT2D eigenvalue weighted by Gasteiger charge is 2.33. The molecule has 0 fully saturated rings. The van der Waals surface area contributed by atoms with Crippen molar-refractivity contribution in [2.24, 2.45) is 0 Å². The monoisotopic (exact) mass is 615 g/mol.